The molecule has 0 aromatic heterocycles. The van der Waals surface area contributed by atoms with Crippen LogP contribution >= 0.6 is 22.6 Å². The van der Waals surface area contributed by atoms with Gasteiger partial charge in [0.2, 0.25) is 0 Å². The van der Waals surface area contributed by atoms with E-state index in [2.05, 4.69) is 54.3 Å². The molecule has 0 aliphatic rings. The first-order valence-corrected chi connectivity index (χ1v) is 4.21. The third-order valence-corrected chi connectivity index (χ3v) is 2.92. The average molecular weight is 244 g/mol. The molecule has 0 saturated heterocycles. The van der Waals surface area contributed by atoms with E-state index in [0.717, 1.165) is 0 Å². The van der Waals surface area contributed by atoms with E-state index in [4.69, 9.17) is 0 Å². The van der Waals surface area contributed by atoms with Crippen molar-refractivity contribution >= 4 is 28.7 Å². The van der Waals surface area contributed by atoms with Gasteiger partial charge in [-0.2, -0.15) is 0 Å². The molecular formula is C9H9I. The zero-order chi connectivity index (χ0) is 7.56. The molecule has 0 bridgehead atoms. The fraction of sp³-hybridized carbons (Fsp3) is 0.111. The van der Waals surface area contributed by atoms with Crippen LogP contribution in [0.4, 0.5) is 0 Å². The highest BCUT2D eigenvalue weighted by Crippen LogP contribution is 2.16. The summed E-state index contributed by atoms with van der Waals surface area (Å²) in [4.78, 5) is 0. The van der Waals surface area contributed by atoms with Crippen molar-refractivity contribution in [3.05, 3.63) is 39.5 Å². The Bertz CT molecular complexity index is 251. The standard InChI is InChI=1S/C9H9I/c1-3-8-6-4-5-7(2)9(8)10/h3-6H,1H2,2H3. The Morgan fingerprint density at radius 2 is 2.20 bits per heavy atom. The van der Waals surface area contributed by atoms with E-state index in [-0.39, 0.29) is 0 Å². The minimum Gasteiger partial charge on any atom is -0.0984 e. The van der Waals surface area contributed by atoms with Crippen molar-refractivity contribution in [3.8, 4) is 0 Å². The van der Waals surface area contributed by atoms with Gasteiger partial charge in [0.1, 0.15) is 0 Å². The Labute approximate surface area is 75.1 Å². The minimum atomic E-state index is 1.22. The molecule has 1 aromatic rings. The maximum atomic E-state index is 3.73. The highest BCUT2D eigenvalue weighted by molar-refractivity contribution is 14.1. The summed E-state index contributed by atoms with van der Waals surface area (Å²) < 4.78 is 1.30. The molecule has 0 fully saturated rings. The van der Waals surface area contributed by atoms with Gasteiger partial charge in [-0.3, -0.25) is 0 Å². The quantitative estimate of drug-likeness (QED) is 0.665. The van der Waals surface area contributed by atoms with Gasteiger partial charge in [-0.1, -0.05) is 30.9 Å². The molecule has 0 unspecified atom stereocenters. The monoisotopic (exact) mass is 244 g/mol. The third kappa shape index (κ3) is 1.40. The van der Waals surface area contributed by atoms with Gasteiger partial charge in [-0.05, 0) is 40.6 Å². The van der Waals surface area contributed by atoms with Crippen LogP contribution in [0.5, 0.6) is 0 Å². The molecule has 10 heavy (non-hydrogen) atoms. The molecule has 0 aliphatic heterocycles. The van der Waals surface area contributed by atoms with Crippen LogP contribution in [-0.2, 0) is 0 Å². The fourth-order valence-electron chi connectivity index (χ4n) is 0.828. The fourth-order valence-corrected chi connectivity index (χ4v) is 1.41. The first kappa shape index (κ1) is 7.79. The van der Waals surface area contributed by atoms with Crippen LogP contribution in [0, 0.1) is 10.5 Å². The summed E-state index contributed by atoms with van der Waals surface area (Å²) in [7, 11) is 0. The molecule has 0 aliphatic carbocycles. The second-order valence-corrected chi connectivity index (χ2v) is 3.26. The lowest BCUT2D eigenvalue weighted by molar-refractivity contribution is 1.41. The second kappa shape index (κ2) is 3.19. The maximum absolute atomic E-state index is 3.73. The van der Waals surface area contributed by atoms with Crippen molar-refractivity contribution in [1.82, 2.24) is 0 Å². The number of hydrogen-bond acceptors (Lipinski definition) is 0. The van der Waals surface area contributed by atoms with E-state index in [1.165, 1.54) is 14.7 Å². The molecule has 0 radical (unpaired) electrons. The molecule has 1 rings (SSSR count). The predicted molar refractivity (Wildman–Crippen MR) is 54.0 cm³/mol. The molecule has 0 N–H and O–H groups in total. The highest BCUT2D eigenvalue weighted by atomic mass is 127. The summed E-state index contributed by atoms with van der Waals surface area (Å²) >= 11 is 2.33. The summed E-state index contributed by atoms with van der Waals surface area (Å²) in [5.74, 6) is 0. The molecule has 1 aromatic carbocycles. The van der Waals surface area contributed by atoms with Gasteiger partial charge in [-0.15, -0.1) is 0 Å². The summed E-state index contributed by atoms with van der Waals surface area (Å²) in [5, 5.41) is 0. The largest absolute Gasteiger partial charge is 0.0984 e. The van der Waals surface area contributed by atoms with E-state index in [0.29, 0.717) is 0 Å². The normalized spacial score (nSPS) is 9.40. The van der Waals surface area contributed by atoms with Crippen LogP contribution in [0.3, 0.4) is 0 Å². The van der Waals surface area contributed by atoms with Gasteiger partial charge < -0.3 is 0 Å². The molecule has 0 heterocycles. The van der Waals surface area contributed by atoms with E-state index in [1.807, 2.05) is 6.08 Å². The first-order valence-electron chi connectivity index (χ1n) is 3.13. The molecule has 0 nitrogen and oxygen atoms in total. The Balaban J connectivity index is 3.27. The Hall–Kier alpha value is -0.310. The van der Waals surface area contributed by atoms with Gasteiger partial charge in [0.05, 0.1) is 0 Å². The van der Waals surface area contributed by atoms with Crippen molar-refractivity contribution in [3.63, 3.8) is 0 Å². The van der Waals surface area contributed by atoms with Crippen LogP contribution < -0.4 is 0 Å². The van der Waals surface area contributed by atoms with Crippen LogP contribution in [-0.4, -0.2) is 0 Å². The number of halogens is 1. The van der Waals surface area contributed by atoms with E-state index >= 15 is 0 Å². The third-order valence-electron chi connectivity index (χ3n) is 1.44. The lowest BCUT2D eigenvalue weighted by Gasteiger charge is -2.00. The first-order chi connectivity index (χ1) is 4.75. The zero-order valence-corrected chi connectivity index (χ0v) is 8.05. The van der Waals surface area contributed by atoms with Gasteiger partial charge in [-0.25, -0.2) is 0 Å². The van der Waals surface area contributed by atoms with Crippen LogP contribution in [0.1, 0.15) is 11.1 Å². The maximum Gasteiger partial charge on any atom is 0.0231 e. The topological polar surface area (TPSA) is 0 Å². The Kier molecular flexibility index (Phi) is 2.49. The zero-order valence-electron chi connectivity index (χ0n) is 5.89. The lowest BCUT2D eigenvalue weighted by Crippen LogP contribution is -1.82. The SMILES string of the molecule is C=Cc1cccc(C)c1I. The van der Waals surface area contributed by atoms with Crippen LogP contribution in [0.2, 0.25) is 0 Å². The minimum absolute atomic E-state index is 1.22. The molecule has 0 saturated carbocycles. The van der Waals surface area contributed by atoms with Crippen molar-refractivity contribution in [1.29, 1.82) is 0 Å². The van der Waals surface area contributed by atoms with Crippen LogP contribution in [0.15, 0.2) is 24.8 Å². The smallest absolute Gasteiger partial charge is 0.0231 e. The van der Waals surface area contributed by atoms with Crippen molar-refractivity contribution < 1.29 is 0 Å². The van der Waals surface area contributed by atoms with Crippen LogP contribution in [0.25, 0.3) is 6.08 Å². The average Bonchev–Trinajstić information content (AvgIpc) is 1.95. The number of aryl methyl sites for hydroxylation is 1. The molecule has 0 amide bonds. The molecule has 1 heteroatoms. The molecule has 52 valence electrons. The summed E-state index contributed by atoms with van der Waals surface area (Å²) in [5.41, 5.74) is 2.54. The number of hydrogen-bond donors (Lipinski definition) is 0. The van der Waals surface area contributed by atoms with Crippen molar-refractivity contribution in [2.45, 2.75) is 6.92 Å². The van der Waals surface area contributed by atoms with Gasteiger partial charge >= 0.3 is 0 Å². The van der Waals surface area contributed by atoms with Gasteiger partial charge in [0.15, 0.2) is 0 Å². The number of benzene rings is 1. The van der Waals surface area contributed by atoms with E-state index in [1.54, 1.807) is 0 Å². The van der Waals surface area contributed by atoms with E-state index in [9.17, 15) is 0 Å². The second-order valence-electron chi connectivity index (χ2n) is 2.18. The summed E-state index contributed by atoms with van der Waals surface area (Å²) in [6.45, 7) is 5.83. The lowest BCUT2D eigenvalue weighted by atomic mass is 10.1. The summed E-state index contributed by atoms with van der Waals surface area (Å²) in [6, 6.07) is 6.23. The van der Waals surface area contributed by atoms with E-state index < -0.39 is 0 Å². The van der Waals surface area contributed by atoms with Gasteiger partial charge in [0, 0.05) is 3.57 Å². The van der Waals surface area contributed by atoms with Gasteiger partial charge in [0.25, 0.3) is 0 Å². The van der Waals surface area contributed by atoms with Crippen molar-refractivity contribution in [2.24, 2.45) is 0 Å². The molecule has 0 atom stereocenters. The Morgan fingerprint density at radius 3 is 2.70 bits per heavy atom. The number of rotatable bonds is 1. The highest BCUT2D eigenvalue weighted by Gasteiger charge is 1.95. The molecular weight excluding hydrogens is 235 g/mol. The molecule has 0 spiro atoms. The summed E-state index contributed by atoms with van der Waals surface area (Å²) in [6.07, 6.45) is 1.88. The van der Waals surface area contributed by atoms with Crippen molar-refractivity contribution in [2.75, 3.05) is 0 Å². The predicted octanol–water partition coefficient (Wildman–Crippen LogP) is 3.24. The Morgan fingerprint density at radius 1 is 1.50 bits per heavy atom.